The molecule has 0 saturated carbocycles. The number of benzene rings is 1. The fraction of sp³-hybridized carbons (Fsp3) is 0.417. The number of carbonyl (C=O) groups is 1. The van der Waals surface area contributed by atoms with Gasteiger partial charge in [-0.1, -0.05) is 6.07 Å². The van der Waals surface area contributed by atoms with E-state index in [1.54, 1.807) is 20.8 Å². The van der Waals surface area contributed by atoms with Crippen molar-refractivity contribution in [3.8, 4) is 0 Å². The van der Waals surface area contributed by atoms with Gasteiger partial charge in [0.15, 0.2) is 0 Å². The van der Waals surface area contributed by atoms with E-state index in [4.69, 9.17) is 5.84 Å². The lowest BCUT2D eigenvalue weighted by atomic mass is 10.0. The van der Waals surface area contributed by atoms with Crippen molar-refractivity contribution in [2.75, 3.05) is 0 Å². The molecule has 0 bridgehead atoms. The van der Waals surface area contributed by atoms with E-state index in [0.29, 0.717) is 0 Å². The molecular formula is C12H16FN3O3. The fourth-order valence-corrected chi connectivity index (χ4v) is 1.45. The number of hydrogen-bond acceptors (Lipinski definition) is 4. The first-order chi connectivity index (χ1) is 8.57. The van der Waals surface area contributed by atoms with Crippen LogP contribution in [-0.2, 0) is 0 Å². The summed E-state index contributed by atoms with van der Waals surface area (Å²) in [5.74, 6) is 3.81. The van der Waals surface area contributed by atoms with E-state index in [9.17, 15) is 19.3 Å². The minimum absolute atomic E-state index is 0.0996. The zero-order chi connectivity index (χ0) is 15.0. The van der Waals surface area contributed by atoms with Gasteiger partial charge in [0.05, 0.1) is 10.5 Å². The second kappa shape index (κ2) is 4.93. The zero-order valence-corrected chi connectivity index (χ0v) is 11.2. The third-order valence-corrected chi connectivity index (χ3v) is 2.66. The molecule has 0 aliphatic heterocycles. The van der Waals surface area contributed by atoms with Crippen molar-refractivity contribution in [2.24, 2.45) is 5.84 Å². The molecule has 0 spiro atoms. The number of nitrogens with two attached hydrogens (primary N) is 1. The Morgan fingerprint density at radius 1 is 1.42 bits per heavy atom. The Bertz CT molecular complexity index is 538. The Kier molecular flexibility index (Phi) is 3.90. The quantitative estimate of drug-likeness (QED) is 0.385. The van der Waals surface area contributed by atoms with Crippen molar-refractivity contribution in [1.29, 1.82) is 0 Å². The van der Waals surface area contributed by atoms with E-state index in [1.807, 2.05) is 0 Å². The molecule has 104 valence electrons. The van der Waals surface area contributed by atoms with E-state index in [-0.39, 0.29) is 11.1 Å². The highest BCUT2D eigenvalue weighted by Crippen LogP contribution is 2.27. The van der Waals surface area contributed by atoms with Crippen LogP contribution in [0.3, 0.4) is 0 Å². The molecule has 0 aliphatic rings. The van der Waals surface area contributed by atoms with Gasteiger partial charge in [-0.15, -0.1) is 0 Å². The Morgan fingerprint density at radius 3 is 2.37 bits per heavy atom. The summed E-state index contributed by atoms with van der Waals surface area (Å²) in [7, 11) is 0. The van der Waals surface area contributed by atoms with Gasteiger partial charge < -0.3 is 0 Å². The van der Waals surface area contributed by atoms with Gasteiger partial charge in [0, 0.05) is 0 Å². The summed E-state index contributed by atoms with van der Waals surface area (Å²) in [5, 5.41) is 11.8. The molecule has 1 rings (SSSR count). The molecule has 1 aromatic carbocycles. The highest BCUT2D eigenvalue weighted by atomic mass is 19.1. The van der Waals surface area contributed by atoms with Gasteiger partial charge in [0.25, 0.3) is 5.91 Å². The first-order valence-electron chi connectivity index (χ1n) is 5.60. The summed E-state index contributed by atoms with van der Waals surface area (Å²) >= 11 is 0. The molecule has 1 amide bonds. The molecule has 19 heavy (non-hydrogen) atoms. The maximum Gasteiger partial charge on any atom is 0.317 e. The largest absolute Gasteiger partial charge is 0.317 e. The number of nitrogens with zero attached hydrogens (tertiary/aromatic N) is 2. The smallest absolute Gasteiger partial charge is 0.271 e. The molecule has 0 aliphatic carbocycles. The normalized spacial score (nSPS) is 11.3. The average Bonchev–Trinajstić information content (AvgIpc) is 2.28. The molecule has 0 radical (unpaired) electrons. The van der Waals surface area contributed by atoms with E-state index in [1.165, 1.54) is 19.1 Å². The number of halogens is 1. The lowest BCUT2D eigenvalue weighted by Gasteiger charge is -2.30. The van der Waals surface area contributed by atoms with Crippen molar-refractivity contribution < 1.29 is 14.1 Å². The number of carbonyl (C=O) groups excluding carboxylic acids is 1. The highest BCUT2D eigenvalue weighted by Gasteiger charge is 2.32. The van der Waals surface area contributed by atoms with Crippen LogP contribution in [0.2, 0.25) is 0 Å². The predicted molar refractivity (Wildman–Crippen MR) is 67.9 cm³/mol. The van der Waals surface area contributed by atoms with Crippen molar-refractivity contribution in [2.45, 2.75) is 33.2 Å². The fourth-order valence-electron chi connectivity index (χ4n) is 1.45. The third kappa shape index (κ3) is 2.87. The molecule has 6 nitrogen and oxygen atoms in total. The number of nitro benzene ring substituents is 1. The van der Waals surface area contributed by atoms with Crippen molar-refractivity contribution >= 4 is 11.6 Å². The van der Waals surface area contributed by atoms with Crippen LogP contribution in [0.15, 0.2) is 12.1 Å². The van der Waals surface area contributed by atoms with Crippen molar-refractivity contribution in [3.05, 3.63) is 39.2 Å². The second-order valence-corrected chi connectivity index (χ2v) is 5.20. The Labute approximate surface area is 110 Å². The SMILES string of the molecule is Cc1ccc(C(=O)N(N)C(C)(C)C)c([N+](=O)[O-])c1F. The van der Waals surface area contributed by atoms with Gasteiger partial charge in [0.2, 0.25) is 5.82 Å². The number of rotatable bonds is 2. The Balaban J connectivity index is 3.40. The van der Waals surface area contributed by atoms with Gasteiger partial charge in [-0.3, -0.25) is 19.9 Å². The van der Waals surface area contributed by atoms with Crippen LogP contribution in [0, 0.1) is 22.9 Å². The maximum absolute atomic E-state index is 13.8. The van der Waals surface area contributed by atoms with E-state index in [0.717, 1.165) is 5.01 Å². The highest BCUT2D eigenvalue weighted by molar-refractivity contribution is 5.98. The summed E-state index contributed by atoms with van der Waals surface area (Å²) < 4.78 is 13.8. The molecule has 0 heterocycles. The molecular weight excluding hydrogens is 253 g/mol. The van der Waals surface area contributed by atoms with Crippen LogP contribution in [0.25, 0.3) is 0 Å². The molecule has 0 fully saturated rings. The second-order valence-electron chi connectivity index (χ2n) is 5.20. The lowest BCUT2D eigenvalue weighted by molar-refractivity contribution is -0.387. The van der Waals surface area contributed by atoms with Crippen LogP contribution in [0.1, 0.15) is 36.7 Å². The molecule has 0 unspecified atom stereocenters. The summed E-state index contributed by atoms with van der Waals surface area (Å²) in [6.07, 6.45) is 0. The lowest BCUT2D eigenvalue weighted by Crippen LogP contribution is -2.50. The summed E-state index contributed by atoms with van der Waals surface area (Å²) in [6.45, 7) is 6.39. The Hall–Kier alpha value is -2.02. The third-order valence-electron chi connectivity index (χ3n) is 2.66. The van der Waals surface area contributed by atoms with Gasteiger partial charge in [0.1, 0.15) is 5.56 Å². The number of hydrogen-bond donors (Lipinski definition) is 1. The van der Waals surface area contributed by atoms with Crippen LogP contribution in [0.5, 0.6) is 0 Å². The van der Waals surface area contributed by atoms with E-state index < -0.39 is 27.9 Å². The summed E-state index contributed by atoms with van der Waals surface area (Å²) in [6, 6.07) is 2.52. The van der Waals surface area contributed by atoms with Gasteiger partial charge in [-0.2, -0.15) is 4.39 Å². The molecule has 2 N–H and O–H groups in total. The van der Waals surface area contributed by atoms with Gasteiger partial charge in [-0.25, -0.2) is 5.84 Å². The van der Waals surface area contributed by atoms with Gasteiger partial charge >= 0.3 is 5.69 Å². The molecule has 0 atom stereocenters. The minimum atomic E-state index is -1.02. The van der Waals surface area contributed by atoms with Gasteiger partial charge in [-0.05, 0) is 39.3 Å². The minimum Gasteiger partial charge on any atom is -0.271 e. The summed E-state index contributed by atoms with van der Waals surface area (Å²) in [4.78, 5) is 22.1. The standard InChI is InChI=1S/C12H16FN3O3/c1-7-5-6-8(10(9(7)13)16(18)19)11(17)15(14)12(2,3)4/h5-6H,14H2,1-4H3. The maximum atomic E-state index is 13.8. The van der Waals surface area contributed by atoms with Crippen molar-refractivity contribution in [3.63, 3.8) is 0 Å². The molecule has 0 aromatic heterocycles. The Morgan fingerprint density at radius 2 is 1.95 bits per heavy atom. The predicted octanol–water partition coefficient (Wildman–Crippen LogP) is 2.16. The number of hydrazine groups is 1. The monoisotopic (exact) mass is 269 g/mol. The molecule has 7 heteroatoms. The first-order valence-corrected chi connectivity index (χ1v) is 5.60. The number of amides is 1. The van der Waals surface area contributed by atoms with Crippen molar-refractivity contribution in [1.82, 2.24) is 5.01 Å². The molecule has 0 saturated heterocycles. The van der Waals surface area contributed by atoms with Crippen LogP contribution >= 0.6 is 0 Å². The van der Waals surface area contributed by atoms with Crippen LogP contribution in [0.4, 0.5) is 10.1 Å². The topological polar surface area (TPSA) is 89.5 Å². The first kappa shape index (κ1) is 15.0. The van der Waals surface area contributed by atoms with Crippen LogP contribution in [-0.4, -0.2) is 21.4 Å². The number of aryl methyl sites for hydroxylation is 1. The average molecular weight is 269 g/mol. The zero-order valence-electron chi connectivity index (χ0n) is 11.2. The summed E-state index contributed by atoms with van der Waals surface area (Å²) in [5.41, 5.74) is -1.83. The van der Waals surface area contributed by atoms with E-state index in [2.05, 4.69) is 0 Å². The van der Waals surface area contributed by atoms with Crippen LogP contribution < -0.4 is 5.84 Å². The van der Waals surface area contributed by atoms with E-state index >= 15 is 0 Å². The number of nitro groups is 1. The molecule has 1 aromatic rings.